The topological polar surface area (TPSA) is 81.7 Å². The van der Waals surface area contributed by atoms with E-state index in [1.807, 2.05) is 53.4 Å². The average molecular weight is 342 g/mol. The second-order valence-electron chi connectivity index (χ2n) is 5.85. The molecule has 0 unspecified atom stereocenters. The highest BCUT2D eigenvalue weighted by Crippen LogP contribution is 2.30. The monoisotopic (exact) mass is 342 g/mol. The summed E-state index contributed by atoms with van der Waals surface area (Å²) in [6.45, 7) is 0.584. The van der Waals surface area contributed by atoms with E-state index in [0.717, 1.165) is 27.9 Å². The summed E-state index contributed by atoms with van der Waals surface area (Å²) < 4.78 is 7.79. The van der Waals surface area contributed by atoms with Gasteiger partial charge in [-0.25, -0.2) is 19.9 Å². The maximum atomic E-state index is 5.93. The van der Waals surface area contributed by atoms with E-state index >= 15 is 0 Å². The quantitative estimate of drug-likeness (QED) is 0.538. The van der Waals surface area contributed by atoms with Crippen LogP contribution in [0, 0.1) is 0 Å². The van der Waals surface area contributed by atoms with E-state index in [1.54, 1.807) is 18.9 Å². The minimum absolute atomic E-state index is 0.584. The number of aromatic nitrogens is 5. The van der Waals surface area contributed by atoms with Crippen molar-refractivity contribution in [1.29, 1.82) is 0 Å². The summed E-state index contributed by atoms with van der Waals surface area (Å²) in [6, 6.07) is 11.8. The minimum Gasteiger partial charge on any atom is -0.450 e. The van der Waals surface area contributed by atoms with Crippen molar-refractivity contribution in [2.24, 2.45) is 0 Å². The van der Waals surface area contributed by atoms with Crippen LogP contribution >= 0.6 is 0 Å². The van der Waals surface area contributed by atoms with Gasteiger partial charge in [0.15, 0.2) is 11.4 Å². The summed E-state index contributed by atoms with van der Waals surface area (Å²) in [6.07, 6.45) is 8.69. The molecule has 0 amide bonds. The van der Waals surface area contributed by atoms with E-state index in [-0.39, 0.29) is 0 Å². The fourth-order valence-electron chi connectivity index (χ4n) is 2.90. The number of pyridine rings is 1. The van der Waals surface area contributed by atoms with E-state index in [1.165, 1.54) is 0 Å². The van der Waals surface area contributed by atoms with Crippen LogP contribution < -0.4 is 5.32 Å². The smallest absolute Gasteiger partial charge is 0.196 e. The third kappa shape index (κ3) is 2.46. The Hall–Kier alpha value is -3.74. The summed E-state index contributed by atoms with van der Waals surface area (Å²) in [5.74, 6) is 1.50. The van der Waals surface area contributed by atoms with Crippen molar-refractivity contribution in [1.82, 2.24) is 24.5 Å². The van der Waals surface area contributed by atoms with Crippen molar-refractivity contribution in [2.75, 3.05) is 5.32 Å². The first kappa shape index (κ1) is 14.6. The second kappa shape index (κ2) is 5.96. The first-order valence-corrected chi connectivity index (χ1v) is 8.18. The zero-order chi connectivity index (χ0) is 17.3. The zero-order valence-corrected chi connectivity index (χ0v) is 13.7. The number of benzene rings is 1. The number of imidazole rings is 1. The summed E-state index contributed by atoms with van der Waals surface area (Å²) in [7, 11) is 0. The fourth-order valence-corrected chi connectivity index (χ4v) is 2.90. The number of rotatable bonds is 4. The van der Waals surface area contributed by atoms with Gasteiger partial charge in [-0.15, -0.1) is 0 Å². The van der Waals surface area contributed by atoms with E-state index in [0.29, 0.717) is 17.9 Å². The lowest BCUT2D eigenvalue weighted by atomic mass is 10.2. The number of fused-ring (bicyclic) bond motifs is 3. The Morgan fingerprint density at radius 3 is 2.85 bits per heavy atom. The molecule has 0 radical (unpaired) electrons. The molecule has 4 heterocycles. The predicted octanol–water partition coefficient (Wildman–Crippen LogP) is 3.57. The number of hydrogen-bond donors (Lipinski definition) is 1. The molecule has 7 nitrogen and oxygen atoms in total. The first-order valence-electron chi connectivity index (χ1n) is 8.18. The van der Waals surface area contributed by atoms with Gasteiger partial charge < -0.3 is 9.73 Å². The number of para-hydroxylation sites is 1. The normalized spacial score (nSPS) is 11.2. The van der Waals surface area contributed by atoms with Crippen molar-refractivity contribution in [2.45, 2.75) is 6.54 Å². The second-order valence-corrected chi connectivity index (χ2v) is 5.85. The fraction of sp³-hybridized carbons (Fsp3) is 0.0526. The van der Waals surface area contributed by atoms with Gasteiger partial charge in [0.25, 0.3) is 0 Å². The van der Waals surface area contributed by atoms with Crippen molar-refractivity contribution in [3.8, 4) is 5.82 Å². The summed E-state index contributed by atoms with van der Waals surface area (Å²) >= 11 is 0. The third-order valence-corrected chi connectivity index (χ3v) is 4.20. The SMILES string of the molecule is c1ccc2c(c1)oc1c(NCc3ccc(-n4ccnc4)nc3)ncnc12. The van der Waals surface area contributed by atoms with Crippen molar-refractivity contribution in [3.05, 3.63) is 73.2 Å². The molecule has 0 aliphatic rings. The van der Waals surface area contributed by atoms with Crippen LogP contribution in [0.5, 0.6) is 0 Å². The molecule has 0 spiro atoms. The lowest BCUT2D eigenvalue weighted by Crippen LogP contribution is -2.03. The molecule has 0 atom stereocenters. The van der Waals surface area contributed by atoms with Crippen LogP contribution in [-0.4, -0.2) is 24.5 Å². The van der Waals surface area contributed by atoms with Crippen molar-refractivity contribution in [3.63, 3.8) is 0 Å². The van der Waals surface area contributed by atoms with Gasteiger partial charge in [-0.05, 0) is 23.8 Å². The van der Waals surface area contributed by atoms with Gasteiger partial charge in [0, 0.05) is 30.5 Å². The molecular formula is C19H14N6O. The number of nitrogens with one attached hydrogen (secondary N) is 1. The average Bonchev–Trinajstić information content (AvgIpc) is 3.35. The highest BCUT2D eigenvalue weighted by Gasteiger charge is 2.12. The number of furan rings is 1. The molecule has 0 fully saturated rings. The highest BCUT2D eigenvalue weighted by atomic mass is 16.3. The number of hydrogen-bond acceptors (Lipinski definition) is 6. The number of nitrogens with zero attached hydrogens (tertiary/aromatic N) is 5. The van der Waals surface area contributed by atoms with Crippen LogP contribution in [0.2, 0.25) is 0 Å². The summed E-state index contributed by atoms with van der Waals surface area (Å²) in [5, 5.41) is 4.30. The Balaban J connectivity index is 1.41. The highest BCUT2D eigenvalue weighted by molar-refractivity contribution is 6.05. The van der Waals surface area contributed by atoms with E-state index < -0.39 is 0 Å². The summed E-state index contributed by atoms with van der Waals surface area (Å²) in [4.78, 5) is 17.2. The van der Waals surface area contributed by atoms with Crippen molar-refractivity contribution >= 4 is 27.9 Å². The van der Waals surface area contributed by atoms with Crippen LogP contribution in [0.1, 0.15) is 5.56 Å². The molecule has 5 aromatic rings. The molecule has 0 aliphatic carbocycles. The molecule has 4 aromatic heterocycles. The van der Waals surface area contributed by atoms with Crippen LogP contribution in [0.3, 0.4) is 0 Å². The van der Waals surface area contributed by atoms with Gasteiger partial charge in [-0.2, -0.15) is 0 Å². The maximum absolute atomic E-state index is 5.93. The van der Waals surface area contributed by atoms with Crippen LogP contribution in [-0.2, 0) is 6.54 Å². The van der Waals surface area contributed by atoms with Crippen LogP contribution in [0.4, 0.5) is 5.82 Å². The molecule has 0 aliphatic heterocycles. The van der Waals surface area contributed by atoms with Gasteiger partial charge in [0.2, 0.25) is 0 Å². The predicted molar refractivity (Wildman–Crippen MR) is 98.0 cm³/mol. The molecule has 1 aromatic carbocycles. The Morgan fingerprint density at radius 2 is 2.00 bits per heavy atom. The minimum atomic E-state index is 0.584. The summed E-state index contributed by atoms with van der Waals surface area (Å²) in [5.41, 5.74) is 3.32. The van der Waals surface area contributed by atoms with E-state index in [4.69, 9.17) is 4.42 Å². The van der Waals surface area contributed by atoms with Crippen molar-refractivity contribution < 1.29 is 4.42 Å². The largest absolute Gasteiger partial charge is 0.450 e. The molecule has 0 saturated heterocycles. The lowest BCUT2D eigenvalue weighted by molar-refractivity contribution is 0.666. The molecule has 0 bridgehead atoms. The zero-order valence-electron chi connectivity index (χ0n) is 13.7. The van der Waals surface area contributed by atoms with Gasteiger partial charge in [0.1, 0.15) is 29.6 Å². The van der Waals surface area contributed by atoms with Crippen LogP contribution in [0.25, 0.3) is 27.9 Å². The Labute approximate surface area is 148 Å². The molecule has 26 heavy (non-hydrogen) atoms. The number of anilines is 1. The van der Waals surface area contributed by atoms with Gasteiger partial charge in [-0.3, -0.25) is 4.57 Å². The standard InChI is InChI=1S/C19H14N6O/c1-2-4-15-14(3-1)17-18(26-15)19(24-11-23-17)22-10-13-5-6-16(21-9-13)25-8-7-20-12-25/h1-9,11-12H,10H2,(H,22,23,24). The molecule has 5 rings (SSSR count). The van der Waals surface area contributed by atoms with Gasteiger partial charge in [-0.1, -0.05) is 18.2 Å². The molecule has 1 N–H and O–H groups in total. The van der Waals surface area contributed by atoms with Crippen LogP contribution in [0.15, 0.2) is 72.1 Å². The lowest BCUT2D eigenvalue weighted by Gasteiger charge is -2.06. The van der Waals surface area contributed by atoms with Gasteiger partial charge >= 0.3 is 0 Å². The molecule has 0 saturated carbocycles. The molecule has 7 heteroatoms. The first-order chi connectivity index (χ1) is 12.9. The van der Waals surface area contributed by atoms with E-state index in [9.17, 15) is 0 Å². The Kier molecular flexibility index (Phi) is 3.35. The van der Waals surface area contributed by atoms with E-state index in [2.05, 4.69) is 25.3 Å². The Morgan fingerprint density at radius 1 is 1.04 bits per heavy atom. The maximum Gasteiger partial charge on any atom is 0.196 e. The third-order valence-electron chi connectivity index (χ3n) is 4.20. The molecule has 126 valence electrons. The molecular weight excluding hydrogens is 328 g/mol. The Bertz CT molecular complexity index is 1180. The van der Waals surface area contributed by atoms with Gasteiger partial charge in [0.05, 0.1) is 0 Å².